The Bertz CT molecular complexity index is 861. The lowest BCUT2D eigenvalue weighted by Crippen LogP contribution is -2.30. The molecule has 1 atom stereocenters. The molecule has 140 valence electrons. The van der Waals surface area contributed by atoms with Crippen LogP contribution in [0.4, 0.5) is 0 Å². The third-order valence-electron chi connectivity index (χ3n) is 4.24. The fraction of sp³-hybridized carbons (Fsp3) is 0.238. The topological polar surface area (TPSA) is 59.9 Å². The van der Waals surface area contributed by atoms with Crippen molar-refractivity contribution in [1.82, 2.24) is 5.32 Å². The number of thioether (sulfide) groups is 1. The molecular weight excluding hydrogens is 360 g/mol. The van der Waals surface area contributed by atoms with Crippen LogP contribution < -0.4 is 10.1 Å². The highest BCUT2D eigenvalue weighted by Crippen LogP contribution is 2.41. The molecule has 0 radical (unpaired) electrons. The third-order valence-corrected chi connectivity index (χ3v) is 5.50. The van der Waals surface area contributed by atoms with E-state index in [1.54, 1.807) is 14.2 Å². The van der Waals surface area contributed by atoms with Gasteiger partial charge in [-0.15, -0.1) is 0 Å². The number of ether oxygens (including phenoxy) is 2. The Morgan fingerprint density at radius 2 is 1.85 bits per heavy atom. The number of esters is 1. The lowest BCUT2D eigenvalue weighted by molar-refractivity contribution is -0.140. The van der Waals surface area contributed by atoms with E-state index in [1.165, 1.54) is 11.8 Å². The van der Waals surface area contributed by atoms with E-state index in [9.17, 15) is 4.79 Å². The zero-order chi connectivity index (χ0) is 19.2. The van der Waals surface area contributed by atoms with Gasteiger partial charge >= 0.3 is 5.97 Å². The van der Waals surface area contributed by atoms with E-state index in [0.29, 0.717) is 5.57 Å². The van der Waals surface area contributed by atoms with E-state index in [0.717, 1.165) is 27.7 Å². The number of hydrogen-bond acceptors (Lipinski definition) is 5. The van der Waals surface area contributed by atoms with Crippen molar-refractivity contribution < 1.29 is 14.3 Å². The van der Waals surface area contributed by atoms with Crippen LogP contribution in [0, 0.1) is 0 Å². The molecule has 6 heteroatoms. The minimum absolute atomic E-state index is 0.158. The molecule has 0 saturated heterocycles. The van der Waals surface area contributed by atoms with Crippen molar-refractivity contribution in [3.8, 4) is 5.75 Å². The van der Waals surface area contributed by atoms with Gasteiger partial charge in [0.2, 0.25) is 0 Å². The van der Waals surface area contributed by atoms with Crippen LogP contribution >= 0.6 is 11.8 Å². The molecule has 0 bridgehead atoms. The number of hydrogen-bond donors (Lipinski definition) is 1. The van der Waals surface area contributed by atoms with E-state index < -0.39 is 0 Å². The Hall–Kier alpha value is -2.73. The lowest BCUT2D eigenvalue weighted by atomic mass is 10.0. The summed E-state index contributed by atoms with van der Waals surface area (Å²) in [4.78, 5) is 17.1. The summed E-state index contributed by atoms with van der Waals surface area (Å²) >= 11 is 1.52. The largest absolute Gasteiger partial charge is 0.497 e. The molecule has 0 aliphatic carbocycles. The van der Waals surface area contributed by atoms with E-state index in [1.807, 2.05) is 61.5 Å². The lowest BCUT2D eigenvalue weighted by Gasteiger charge is -2.27. The first kappa shape index (κ1) is 19.0. The van der Waals surface area contributed by atoms with E-state index in [-0.39, 0.29) is 17.8 Å². The Morgan fingerprint density at radius 1 is 1.15 bits per heavy atom. The maximum absolute atomic E-state index is 12.9. The van der Waals surface area contributed by atoms with Gasteiger partial charge in [0, 0.05) is 12.7 Å². The zero-order valence-corrected chi connectivity index (χ0v) is 16.4. The van der Waals surface area contributed by atoms with Crippen molar-refractivity contribution in [1.29, 1.82) is 0 Å². The van der Waals surface area contributed by atoms with E-state index >= 15 is 0 Å². The van der Waals surface area contributed by atoms with Crippen molar-refractivity contribution in [2.45, 2.75) is 18.8 Å². The van der Waals surface area contributed by atoms with Gasteiger partial charge in [-0.25, -0.2) is 4.79 Å². The molecule has 1 unspecified atom stereocenters. The van der Waals surface area contributed by atoms with Gasteiger partial charge in [0.1, 0.15) is 12.4 Å². The van der Waals surface area contributed by atoms with E-state index in [4.69, 9.17) is 9.47 Å². The first-order valence-corrected chi connectivity index (χ1v) is 9.46. The first-order chi connectivity index (χ1) is 13.1. The number of amidine groups is 1. The first-order valence-electron chi connectivity index (χ1n) is 8.58. The molecule has 0 saturated carbocycles. The second kappa shape index (κ2) is 8.77. The Balaban J connectivity index is 1.80. The summed E-state index contributed by atoms with van der Waals surface area (Å²) in [5.41, 5.74) is 3.34. The second-order valence-electron chi connectivity index (χ2n) is 6.03. The fourth-order valence-corrected chi connectivity index (χ4v) is 4.03. The maximum atomic E-state index is 12.9. The highest BCUT2D eigenvalue weighted by molar-refractivity contribution is 8.14. The van der Waals surface area contributed by atoms with Gasteiger partial charge in [-0.1, -0.05) is 54.2 Å². The SMILES string of the molecule is CN=C1NC(C)=C(C(=O)OCc2ccc(OC)cc2)C(c2ccccc2)S1. The summed E-state index contributed by atoms with van der Waals surface area (Å²) in [6.07, 6.45) is 0. The van der Waals surface area contributed by atoms with Crippen LogP contribution in [0.1, 0.15) is 23.3 Å². The summed E-state index contributed by atoms with van der Waals surface area (Å²) in [5, 5.41) is 3.81. The van der Waals surface area contributed by atoms with Crippen LogP contribution in [0.25, 0.3) is 0 Å². The average Bonchev–Trinajstić information content (AvgIpc) is 2.72. The summed E-state index contributed by atoms with van der Waals surface area (Å²) in [7, 11) is 3.35. The maximum Gasteiger partial charge on any atom is 0.337 e. The number of benzene rings is 2. The van der Waals surface area contributed by atoms with Gasteiger partial charge < -0.3 is 14.8 Å². The molecule has 1 aliphatic heterocycles. The second-order valence-corrected chi connectivity index (χ2v) is 7.12. The number of carbonyl (C=O) groups is 1. The molecule has 0 spiro atoms. The number of nitrogens with one attached hydrogen (secondary N) is 1. The number of nitrogens with zero attached hydrogens (tertiary/aromatic N) is 1. The third kappa shape index (κ3) is 4.52. The number of rotatable bonds is 5. The molecule has 1 N–H and O–H groups in total. The molecule has 5 nitrogen and oxygen atoms in total. The van der Waals surface area contributed by atoms with Crippen LogP contribution in [0.15, 0.2) is 70.9 Å². The predicted octanol–water partition coefficient (Wildman–Crippen LogP) is 4.08. The van der Waals surface area contributed by atoms with Crippen LogP contribution in [0.3, 0.4) is 0 Å². The molecule has 2 aromatic rings. The molecular formula is C21H22N2O3S. The highest BCUT2D eigenvalue weighted by Gasteiger charge is 2.32. The summed E-state index contributed by atoms with van der Waals surface area (Å²) in [6, 6.07) is 17.4. The van der Waals surface area contributed by atoms with Gasteiger partial charge in [-0.05, 0) is 30.2 Å². The van der Waals surface area contributed by atoms with Crippen molar-refractivity contribution in [3.63, 3.8) is 0 Å². The average molecular weight is 382 g/mol. The zero-order valence-electron chi connectivity index (χ0n) is 15.6. The van der Waals surface area contributed by atoms with Crippen LogP contribution in [-0.4, -0.2) is 25.3 Å². The number of methoxy groups -OCH3 is 1. The van der Waals surface area contributed by atoms with Crippen LogP contribution in [0.5, 0.6) is 5.75 Å². The molecule has 3 rings (SSSR count). The monoisotopic (exact) mass is 382 g/mol. The Kier molecular flexibility index (Phi) is 6.19. The van der Waals surface area contributed by atoms with Crippen LogP contribution in [-0.2, 0) is 16.1 Å². The number of aliphatic imine (C=N–C) groups is 1. The molecule has 0 aromatic heterocycles. The molecule has 0 amide bonds. The minimum atomic E-state index is -0.327. The standard InChI is InChI=1S/C21H22N2O3S/c1-14-18(20(24)26-13-15-9-11-17(25-3)12-10-15)19(27-21(22-2)23-14)16-7-5-4-6-8-16/h4-12,19H,13H2,1-3H3,(H,22,23). The van der Waals surface area contributed by atoms with E-state index in [2.05, 4.69) is 10.3 Å². The van der Waals surface area contributed by atoms with Crippen molar-refractivity contribution in [3.05, 3.63) is 77.0 Å². The normalized spacial score (nSPS) is 18.2. The smallest absolute Gasteiger partial charge is 0.337 e. The van der Waals surface area contributed by atoms with Gasteiger partial charge in [0.15, 0.2) is 5.17 Å². The summed E-state index contributed by atoms with van der Waals surface area (Å²) < 4.78 is 10.8. The predicted molar refractivity (Wildman–Crippen MR) is 109 cm³/mol. The number of carbonyl (C=O) groups excluding carboxylic acids is 1. The molecule has 1 heterocycles. The quantitative estimate of drug-likeness (QED) is 0.790. The molecule has 2 aromatic carbocycles. The highest BCUT2D eigenvalue weighted by atomic mass is 32.2. The van der Waals surface area contributed by atoms with Gasteiger partial charge in [0.05, 0.1) is 17.9 Å². The molecule has 1 aliphatic rings. The van der Waals surface area contributed by atoms with Crippen molar-refractivity contribution in [2.75, 3.05) is 14.2 Å². The fourth-order valence-electron chi connectivity index (χ4n) is 2.80. The van der Waals surface area contributed by atoms with Crippen LogP contribution in [0.2, 0.25) is 0 Å². The van der Waals surface area contributed by atoms with Gasteiger partial charge in [0.25, 0.3) is 0 Å². The minimum Gasteiger partial charge on any atom is -0.497 e. The van der Waals surface area contributed by atoms with Crippen molar-refractivity contribution in [2.24, 2.45) is 4.99 Å². The summed E-state index contributed by atoms with van der Waals surface area (Å²) in [6.45, 7) is 2.09. The van der Waals surface area contributed by atoms with Gasteiger partial charge in [-0.3, -0.25) is 4.99 Å². The Labute approximate surface area is 163 Å². The van der Waals surface area contributed by atoms with Gasteiger partial charge in [-0.2, -0.15) is 0 Å². The molecule has 27 heavy (non-hydrogen) atoms. The number of allylic oxidation sites excluding steroid dienone is 1. The Morgan fingerprint density at radius 3 is 2.48 bits per heavy atom. The van der Waals surface area contributed by atoms with Crippen molar-refractivity contribution >= 4 is 22.9 Å². The molecule has 0 fully saturated rings. The summed E-state index contributed by atoms with van der Waals surface area (Å²) in [5.74, 6) is 0.444.